The molecule has 176 valence electrons. The number of hydrogen-bond acceptors (Lipinski definition) is 4. The molecule has 0 spiro atoms. The number of hydrogen-bond donors (Lipinski definition) is 1. The van der Waals surface area contributed by atoms with E-state index in [1.165, 1.54) is 10.6 Å². The van der Waals surface area contributed by atoms with Crippen LogP contribution in [0.5, 0.6) is 0 Å². The number of nitrogens with zero attached hydrogens (tertiary/aromatic N) is 5. The Balaban J connectivity index is 1.43. The molecular weight excluding hydrogens is 447 g/mol. The quantitative estimate of drug-likeness (QED) is 0.410. The van der Waals surface area contributed by atoms with Crippen molar-refractivity contribution in [1.29, 1.82) is 0 Å². The van der Waals surface area contributed by atoms with Gasteiger partial charge < -0.3 is 4.98 Å². The summed E-state index contributed by atoms with van der Waals surface area (Å²) in [7, 11) is 0. The Labute approximate surface area is 199 Å². The summed E-state index contributed by atoms with van der Waals surface area (Å²) in [4.78, 5) is 34.1. The molecule has 8 nitrogen and oxygen atoms in total. The van der Waals surface area contributed by atoms with Crippen LogP contribution in [0.1, 0.15) is 36.4 Å². The molecule has 5 aromatic rings. The molecule has 1 fully saturated rings. The molecule has 9 heteroatoms. The lowest BCUT2D eigenvalue weighted by atomic mass is 9.92. The van der Waals surface area contributed by atoms with Crippen molar-refractivity contribution in [2.75, 3.05) is 0 Å². The number of aromatic nitrogens is 6. The lowest BCUT2D eigenvalue weighted by Crippen LogP contribution is -2.42. The van der Waals surface area contributed by atoms with Crippen LogP contribution in [0.25, 0.3) is 22.3 Å². The smallest absolute Gasteiger partial charge is 0.332 e. The number of fused-ring (bicyclic) bond motifs is 1. The number of halogens is 1. The molecule has 0 amide bonds. The normalized spacial score (nSPS) is 13.9. The molecule has 1 aliphatic carbocycles. The van der Waals surface area contributed by atoms with Gasteiger partial charge in [-0.05, 0) is 49.1 Å². The summed E-state index contributed by atoms with van der Waals surface area (Å²) in [6, 6.07) is 12.1. The average molecular weight is 471 g/mol. The second-order valence-corrected chi connectivity index (χ2v) is 8.95. The fraction of sp³-hybridized carbons (Fsp3) is 0.231. The van der Waals surface area contributed by atoms with Gasteiger partial charge in [-0.25, -0.2) is 9.18 Å². The van der Waals surface area contributed by atoms with Crippen molar-refractivity contribution in [2.45, 2.75) is 38.4 Å². The van der Waals surface area contributed by atoms with Gasteiger partial charge in [-0.2, -0.15) is 5.10 Å². The molecule has 0 saturated heterocycles. The van der Waals surface area contributed by atoms with Gasteiger partial charge in [-0.15, -0.1) is 0 Å². The van der Waals surface area contributed by atoms with Crippen molar-refractivity contribution in [3.8, 4) is 11.3 Å². The van der Waals surface area contributed by atoms with Gasteiger partial charge in [0.25, 0.3) is 5.56 Å². The summed E-state index contributed by atoms with van der Waals surface area (Å²) in [6.07, 6.45) is 9.64. The molecule has 1 N–H and O–H groups in total. The first kappa shape index (κ1) is 21.3. The maximum Gasteiger partial charge on any atom is 0.332 e. The van der Waals surface area contributed by atoms with Crippen molar-refractivity contribution in [2.24, 2.45) is 0 Å². The van der Waals surface area contributed by atoms with Crippen LogP contribution in [-0.4, -0.2) is 28.9 Å². The molecule has 4 heterocycles. The van der Waals surface area contributed by atoms with Crippen molar-refractivity contribution in [3.63, 3.8) is 0 Å². The van der Waals surface area contributed by atoms with Gasteiger partial charge >= 0.3 is 5.69 Å². The highest BCUT2D eigenvalue weighted by Crippen LogP contribution is 2.33. The lowest BCUT2D eigenvalue weighted by Gasteiger charge is -2.28. The maximum atomic E-state index is 14.1. The number of benzene rings is 1. The first-order valence-electron chi connectivity index (χ1n) is 11.6. The molecule has 35 heavy (non-hydrogen) atoms. The number of pyridine rings is 1. The van der Waals surface area contributed by atoms with E-state index in [-0.39, 0.29) is 29.7 Å². The molecule has 0 unspecified atom stereocenters. The Kier molecular flexibility index (Phi) is 5.17. The summed E-state index contributed by atoms with van der Waals surface area (Å²) in [5, 5.41) is 4.37. The van der Waals surface area contributed by atoms with Crippen LogP contribution < -0.4 is 11.2 Å². The van der Waals surface area contributed by atoms with Crippen molar-refractivity contribution in [1.82, 2.24) is 28.9 Å². The van der Waals surface area contributed by atoms with E-state index in [0.29, 0.717) is 28.8 Å². The minimum atomic E-state index is -0.359. The number of rotatable bonds is 6. The maximum absolute atomic E-state index is 14.1. The molecule has 4 aromatic heterocycles. The van der Waals surface area contributed by atoms with E-state index in [1.807, 2.05) is 6.07 Å². The number of nitrogens with one attached hydrogen (secondary N) is 1. The van der Waals surface area contributed by atoms with Gasteiger partial charge in [-0.3, -0.25) is 23.6 Å². The molecule has 0 radical (unpaired) electrons. The van der Waals surface area contributed by atoms with Crippen LogP contribution in [-0.2, 0) is 13.1 Å². The highest BCUT2D eigenvalue weighted by atomic mass is 19.1. The van der Waals surface area contributed by atoms with E-state index in [0.717, 1.165) is 30.4 Å². The third-order valence-electron chi connectivity index (χ3n) is 6.72. The minimum Gasteiger partial charge on any atom is -0.349 e. The largest absolute Gasteiger partial charge is 0.349 e. The van der Waals surface area contributed by atoms with Crippen LogP contribution in [0.2, 0.25) is 0 Å². The zero-order chi connectivity index (χ0) is 23.9. The Bertz CT molecular complexity index is 1640. The van der Waals surface area contributed by atoms with E-state index < -0.39 is 0 Å². The van der Waals surface area contributed by atoms with Crippen LogP contribution in [0.15, 0.2) is 76.8 Å². The topological polar surface area (TPSA) is 90.5 Å². The molecule has 0 aliphatic heterocycles. The van der Waals surface area contributed by atoms with Gasteiger partial charge in [0.1, 0.15) is 11.3 Å². The third-order valence-corrected chi connectivity index (χ3v) is 6.72. The van der Waals surface area contributed by atoms with Gasteiger partial charge in [0.05, 0.1) is 30.5 Å². The number of aromatic amines is 1. The average Bonchev–Trinajstić information content (AvgIpc) is 3.48. The Hall–Kier alpha value is -4.27. The van der Waals surface area contributed by atoms with E-state index in [4.69, 9.17) is 0 Å². The standard InChI is InChI=1S/C26H23FN6O2/c27-21-7-2-1-4-18(21)15-31-16-19(13-29-31)22-12-23-24(30-22)25(34)32(14-17-8-10-28-11-9-17)26(35)33(23)20-5-3-6-20/h1-2,4,7-13,16,20,30H,3,5-6,14-15H2. The van der Waals surface area contributed by atoms with Gasteiger partial charge in [0.15, 0.2) is 0 Å². The lowest BCUT2D eigenvalue weighted by molar-refractivity contribution is 0.306. The Morgan fingerprint density at radius 2 is 1.86 bits per heavy atom. The van der Waals surface area contributed by atoms with E-state index in [9.17, 15) is 14.0 Å². The molecule has 1 aromatic carbocycles. The van der Waals surface area contributed by atoms with Gasteiger partial charge in [0, 0.05) is 35.8 Å². The molecule has 0 atom stereocenters. The zero-order valence-corrected chi connectivity index (χ0v) is 18.9. The second-order valence-electron chi connectivity index (χ2n) is 8.95. The molecule has 1 saturated carbocycles. The highest BCUT2D eigenvalue weighted by Gasteiger charge is 2.26. The highest BCUT2D eigenvalue weighted by molar-refractivity contribution is 5.82. The van der Waals surface area contributed by atoms with Crippen LogP contribution >= 0.6 is 0 Å². The predicted molar refractivity (Wildman–Crippen MR) is 130 cm³/mol. The van der Waals surface area contributed by atoms with Crippen LogP contribution in [0.3, 0.4) is 0 Å². The summed E-state index contributed by atoms with van der Waals surface area (Å²) < 4.78 is 18.8. The van der Waals surface area contributed by atoms with E-state index >= 15 is 0 Å². The van der Waals surface area contributed by atoms with Crippen LogP contribution in [0.4, 0.5) is 4.39 Å². The monoisotopic (exact) mass is 470 g/mol. The van der Waals surface area contributed by atoms with Crippen molar-refractivity contribution < 1.29 is 4.39 Å². The van der Waals surface area contributed by atoms with E-state index in [1.54, 1.807) is 64.4 Å². The van der Waals surface area contributed by atoms with Gasteiger partial charge in [0.2, 0.25) is 0 Å². The second kappa shape index (κ2) is 8.50. The predicted octanol–water partition coefficient (Wildman–Crippen LogP) is 3.71. The zero-order valence-electron chi connectivity index (χ0n) is 18.9. The number of H-pyrrole nitrogens is 1. The fourth-order valence-corrected chi connectivity index (χ4v) is 4.61. The van der Waals surface area contributed by atoms with E-state index in [2.05, 4.69) is 15.1 Å². The molecule has 0 bridgehead atoms. The molecule has 1 aliphatic rings. The van der Waals surface area contributed by atoms with Crippen LogP contribution in [0, 0.1) is 5.82 Å². The molecular formula is C26H23FN6O2. The molecule has 6 rings (SSSR count). The Morgan fingerprint density at radius 1 is 1.06 bits per heavy atom. The summed E-state index contributed by atoms with van der Waals surface area (Å²) >= 11 is 0. The SMILES string of the molecule is O=c1c2[nH]c(-c3cnn(Cc4ccccc4F)c3)cc2n(C2CCC2)c(=O)n1Cc1ccncc1. The summed E-state index contributed by atoms with van der Waals surface area (Å²) in [5.74, 6) is -0.283. The Morgan fingerprint density at radius 3 is 2.60 bits per heavy atom. The first-order valence-corrected chi connectivity index (χ1v) is 11.6. The third kappa shape index (κ3) is 3.78. The first-order chi connectivity index (χ1) is 17.1. The minimum absolute atomic E-state index is 0.0710. The van der Waals surface area contributed by atoms with Crippen molar-refractivity contribution >= 4 is 11.0 Å². The summed E-state index contributed by atoms with van der Waals surface area (Å²) in [6.45, 7) is 0.468. The van der Waals surface area contributed by atoms with Crippen molar-refractivity contribution in [3.05, 3.63) is 105 Å². The fourth-order valence-electron chi connectivity index (χ4n) is 4.61. The van der Waals surface area contributed by atoms with Gasteiger partial charge in [-0.1, -0.05) is 18.2 Å². The summed E-state index contributed by atoms with van der Waals surface area (Å²) in [5.41, 5.74) is 3.15.